The molecule has 2 aromatic carbocycles. The van der Waals surface area contributed by atoms with Gasteiger partial charge in [-0.2, -0.15) is 0 Å². The van der Waals surface area contributed by atoms with Crippen LogP contribution in [0.5, 0.6) is 17.2 Å². The van der Waals surface area contributed by atoms with Crippen molar-refractivity contribution in [3.05, 3.63) is 71.7 Å². The molecule has 0 saturated heterocycles. The van der Waals surface area contributed by atoms with Crippen LogP contribution in [-0.2, 0) is 6.61 Å². The number of para-hydroxylation sites is 2. The van der Waals surface area contributed by atoms with Crippen molar-refractivity contribution >= 4 is 11.6 Å². The SMILES string of the molecule is COc1ccc(C)cc1NC(=O)c1ccc(COc2ccccc2OC)o1. The molecule has 3 rings (SSSR count). The molecule has 6 heteroatoms. The molecule has 0 saturated carbocycles. The fourth-order valence-electron chi connectivity index (χ4n) is 2.57. The summed E-state index contributed by atoms with van der Waals surface area (Å²) in [6.07, 6.45) is 0. The van der Waals surface area contributed by atoms with Crippen LogP contribution in [0.25, 0.3) is 0 Å². The zero-order valence-electron chi connectivity index (χ0n) is 15.4. The Hall–Kier alpha value is -3.41. The van der Waals surface area contributed by atoms with Crippen molar-refractivity contribution in [2.45, 2.75) is 13.5 Å². The van der Waals surface area contributed by atoms with Crippen LogP contribution in [0.3, 0.4) is 0 Å². The summed E-state index contributed by atoms with van der Waals surface area (Å²) in [6.45, 7) is 2.12. The molecule has 140 valence electrons. The zero-order valence-corrected chi connectivity index (χ0v) is 15.4. The first-order valence-electron chi connectivity index (χ1n) is 8.41. The lowest BCUT2D eigenvalue weighted by molar-refractivity contribution is 0.0992. The summed E-state index contributed by atoms with van der Waals surface area (Å²) in [6, 6.07) is 16.2. The van der Waals surface area contributed by atoms with Gasteiger partial charge in [0.25, 0.3) is 5.91 Å². The first-order valence-corrected chi connectivity index (χ1v) is 8.41. The second kappa shape index (κ2) is 8.31. The van der Waals surface area contributed by atoms with Crippen molar-refractivity contribution in [1.29, 1.82) is 0 Å². The number of carbonyl (C=O) groups excluding carboxylic acids is 1. The van der Waals surface area contributed by atoms with Crippen molar-refractivity contribution in [2.24, 2.45) is 0 Å². The number of ether oxygens (including phenoxy) is 3. The molecule has 3 aromatic rings. The lowest BCUT2D eigenvalue weighted by Gasteiger charge is -2.10. The molecule has 1 amide bonds. The molecule has 1 N–H and O–H groups in total. The van der Waals surface area contributed by atoms with Gasteiger partial charge in [0, 0.05) is 0 Å². The van der Waals surface area contributed by atoms with E-state index in [2.05, 4.69) is 5.32 Å². The average molecular weight is 367 g/mol. The van der Waals surface area contributed by atoms with Gasteiger partial charge >= 0.3 is 0 Å². The Morgan fingerprint density at radius 3 is 2.44 bits per heavy atom. The predicted octanol–water partition coefficient (Wildman–Crippen LogP) is 4.44. The molecule has 0 atom stereocenters. The van der Waals surface area contributed by atoms with Crippen LogP contribution in [-0.4, -0.2) is 20.1 Å². The zero-order chi connectivity index (χ0) is 19.2. The molecule has 27 heavy (non-hydrogen) atoms. The van der Waals surface area contributed by atoms with E-state index in [4.69, 9.17) is 18.6 Å². The fourth-order valence-corrected chi connectivity index (χ4v) is 2.57. The molecule has 0 aliphatic carbocycles. The number of carbonyl (C=O) groups is 1. The highest BCUT2D eigenvalue weighted by Crippen LogP contribution is 2.28. The van der Waals surface area contributed by atoms with E-state index in [-0.39, 0.29) is 18.3 Å². The maximum Gasteiger partial charge on any atom is 0.291 e. The Morgan fingerprint density at radius 1 is 0.963 bits per heavy atom. The lowest BCUT2D eigenvalue weighted by Crippen LogP contribution is -2.12. The second-order valence-electron chi connectivity index (χ2n) is 5.86. The van der Waals surface area contributed by atoms with Gasteiger partial charge < -0.3 is 23.9 Å². The molecular formula is C21H21NO5. The molecule has 0 bridgehead atoms. The standard InChI is InChI=1S/C21H21NO5/c1-14-8-10-17(24-2)16(12-14)22-21(23)20-11-9-15(27-20)13-26-19-7-5-4-6-18(19)25-3/h4-12H,13H2,1-3H3,(H,22,23). The third-order valence-corrected chi connectivity index (χ3v) is 3.93. The van der Waals surface area contributed by atoms with Crippen molar-refractivity contribution in [3.8, 4) is 17.2 Å². The van der Waals surface area contributed by atoms with E-state index in [0.29, 0.717) is 28.7 Å². The Kier molecular flexibility index (Phi) is 5.66. The van der Waals surface area contributed by atoms with Gasteiger partial charge in [-0.15, -0.1) is 0 Å². The second-order valence-corrected chi connectivity index (χ2v) is 5.86. The topological polar surface area (TPSA) is 69.9 Å². The summed E-state index contributed by atoms with van der Waals surface area (Å²) < 4.78 is 21.8. The number of furan rings is 1. The van der Waals surface area contributed by atoms with Crippen LogP contribution < -0.4 is 19.5 Å². The van der Waals surface area contributed by atoms with Gasteiger partial charge in [-0.05, 0) is 48.9 Å². The number of amides is 1. The van der Waals surface area contributed by atoms with E-state index < -0.39 is 0 Å². The number of rotatable bonds is 7. The first kappa shape index (κ1) is 18.4. The third kappa shape index (κ3) is 4.41. The third-order valence-electron chi connectivity index (χ3n) is 3.93. The van der Waals surface area contributed by atoms with E-state index in [0.717, 1.165) is 5.56 Å². The number of hydrogen-bond donors (Lipinski definition) is 1. The molecule has 6 nitrogen and oxygen atoms in total. The maximum absolute atomic E-state index is 12.5. The highest BCUT2D eigenvalue weighted by atomic mass is 16.5. The summed E-state index contributed by atoms with van der Waals surface area (Å²) in [5, 5.41) is 2.81. The van der Waals surface area contributed by atoms with Gasteiger partial charge in [-0.1, -0.05) is 18.2 Å². The predicted molar refractivity (Wildman–Crippen MR) is 102 cm³/mol. The monoisotopic (exact) mass is 367 g/mol. The number of methoxy groups -OCH3 is 2. The Bertz CT molecular complexity index is 932. The van der Waals surface area contributed by atoms with Gasteiger partial charge in [0.15, 0.2) is 17.3 Å². The number of anilines is 1. The first-order chi connectivity index (χ1) is 13.1. The lowest BCUT2D eigenvalue weighted by atomic mass is 10.2. The molecular weight excluding hydrogens is 346 g/mol. The number of hydrogen-bond acceptors (Lipinski definition) is 5. The number of benzene rings is 2. The highest BCUT2D eigenvalue weighted by Gasteiger charge is 2.14. The minimum Gasteiger partial charge on any atom is -0.495 e. The van der Waals surface area contributed by atoms with Crippen molar-refractivity contribution in [3.63, 3.8) is 0 Å². The summed E-state index contributed by atoms with van der Waals surface area (Å²) in [4.78, 5) is 12.5. The Balaban J connectivity index is 1.67. The quantitative estimate of drug-likeness (QED) is 0.669. The van der Waals surface area contributed by atoms with E-state index in [1.807, 2.05) is 37.3 Å². The summed E-state index contributed by atoms with van der Waals surface area (Å²) >= 11 is 0. The van der Waals surface area contributed by atoms with Crippen molar-refractivity contribution in [2.75, 3.05) is 19.5 Å². The molecule has 1 aromatic heterocycles. The van der Waals surface area contributed by atoms with E-state index in [1.54, 1.807) is 38.5 Å². The molecule has 1 heterocycles. The summed E-state index contributed by atoms with van der Waals surface area (Å²) in [5.74, 6) is 2.18. The van der Waals surface area contributed by atoms with Crippen molar-refractivity contribution < 1.29 is 23.4 Å². The smallest absolute Gasteiger partial charge is 0.291 e. The van der Waals surface area contributed by atoms with Gasteiger partial charge in [0.05, 0.1) is 19.9 Å². The van der Waals surface area contributed by atoms with Gasteiger partial charge in [0.2, 0.25) is 0 Å². The van der Waals surface area contributed by atoms with Crippen LogP contribution in [0.1, 0.15) is 21.9 Å². The normalized spacial score (nSPS) is 10.3. The van der Waals surface area contributed by atoms with Gasteiger partial charge in [-0.25, -0.2) is 0 Å². The molecule has 0 spiro atoms. The van der Waals surface area contributed by atoms with Crippen LogP contribution in [0.2, 0.25) is 0 Å². The van der Waals surface area contributed by atoms with Crippen LogP contribution >= 0.6 is 0 Å². The van der Waals surface area contributed by atoms with Gasteiger partial charge in [0.1, 0.15) is 18.1 Å². The highest BCUT2D eigenvalue weighted by molar-refractivity contribution is 6.03. The average Bonchev–Trinajstić information content (AvgIpc) is 3.16. The molecule has 0 fully saturated rings. The van der Waals surface area contributed by atoms with Gasteiger partial charge in [-0.3, -0.25) is 4.79 Å². The summed E-state index contributed by atoms with van der Waals surface area (Å²) in [7, 11) is 3.14. The molecule has 0 unspecified atom stereocenters. The molecule has 0 radical (unpaired) electrons. The molecule has 0 aliphatic heterocycles. The Morgan fingerprint density at radius 2 is 1.70 bits per heavy atom. The van der Waals surface area contributed by atoms with Crippen LogP contribution in [0, 0.1) is 6.92 Å². The number of aryl methyl sites for hydroxylation is 1. The van der Waals surface area contributed by atoms with E-state index in [9.17, 15) is 4.79 Å². The van der Waals surface area contributed by atoms with Crippen LogP contribution in [0.15, 0.2) is 59.0 Å². The fraction of sp³-hybridized carbons (Fsp3) is 0.190. The van der Waals surface area contributed by atoms with E-state index in [1.165, 1.54) is 0 Å². The van der Waals surface area contributed by atoms with E-state index >= 15 is 0 Å². The Labute approximate surface area is 157 Å². The maximum atomic E-state index is 12.5. The van der Waals surface area contributed by atoms with Crippen molar-refractivity contribution in [1.82, 2.24) is 0 Å². The van der Waals surface area contributed by atoms with Crippen LogP contribution in [0.4, 0.5) is 5.69 Å². The summed E-state index contributed by atoms with van der Waals surface area (Å²) in [5.41, 5.74) is 1.60. The minimum atomic E-state index is -0.359. The largest absolute Gasteiger partial charge is 0.495 e. The number of nitrogens with one attached hydrogen (secondary N) is 1. The molecule has 0 aliphatic rings. The minimum absolute atomic E-state index is 0.182.